The zero-order chi connectivity index (χ0) is 17.9. The predicted octanol–water partition coefficient (Wildman–Crippen LogP) is 4.32. The number of hydrogen-bond acceptors (Lipinski definition) is 4. The summed E-state index contributed by atoms with van der Waals surface area (Å²) in [7, 11) is 0. The third kappa shape index (κ3) is 3.68. The number of fused-ring (bicyclic) bond motifs is 1. The van der Waals surface area contributed by atoms with Crippen LogP contribution in [0.25, 0.3) is 20.8 Å². The van der Waals surface area contributed by atoms with Crippen LogP contribution in [-0.4, -0.2) is 22.0 Å². The summed E-state index contributed by atoms with van der Waals surface area (Å²) in [5, 5.41) is 8.78. The van der Waals surface area contributed by atoms with Crippen molar-refractivity contribution in [2.45, 2.75) is 13.0 Å². The molecule has 0 aliphatic carbocycles. The molecule has 0 saturated carbocycles. The molecule has 0 saturated heterocycles. The number of hydrogen-bond donors (Lipinski definition) is 1. The van der Waals surface area contributed by atoms with E-state index in [0.29, 0.717) is 13.1 Å². The predicted molar refractivity (Wildman–Crippen MR) is 104 cm³/mol. The van der Waals surface area contributed by atoms with E-state index in [-0.39, 0.29) is 18.1 Å². The van der Waals surface area contributed by atoms with Crippen LogP contribution in [0.4, 0.5) is 4.39 Å². The minimum Gasteiger partial charge on any atom is -0.354 e. The minimum absolute atomic E-state index is 0.0596. The standard InChI is InChI=1S/C19H16FN3OS2/c20-14-4-3-13-5-7-23(16(13)10-14)8-6-21-18(24)11-15-12-26-19(22-15)17-2-1-9-25-17/h1-5,7,9-10,12H,6,8,11H2,(H,21,24). The van der Waals surface area contributed by atoms with Crippen LogP contribution in [0, 0.1) is 5.82 Å². The maximum atomic E-state index is 13.4. The van der Waals surface area contributed by atoms with Gasteiger partial charge in [-0.3, -0.25) is 4.79 Å². The second-order valence-corrected chi connectivity index (χ2v) is 7.67. The fraction of sp³-hybridized carbons (Fsp3) is 0.158. The van der Waals surface area contributed by atoms with Gasteiger partial charge in [0.1, 0.15) is 10.8 Å². The van der Waals surface area contributed by atoms with Crippen molar-refractivity contribution in [2.24, 2.45) is 0 Å². The number of nitrogens with zero attached hydrogens (tertiary/aromatic N) is 2. The maximum Gasteiger partial charge on any atom is 0.226 e. The van der Waals surface area contributed by atoms with Gasteiger partial charge in [0, 0.05) is 24.7 Å². The Kier molecular flexibility index (Phi) is 4.81. The maximum absolute atomic E-state index is 13.4. The molecule has 0 unspecified atom stereocenters. The molecule has 1 N–H and O–H groups in total. The molecule has 3 heterocycles. The zero-order valence-electron chi connectivity index (χ0n) is 13.8. The van der Waals surface area contributed by atoms with E-state index in [1.165, 1.54) is 12.1 Å². The Bertz CT molecular complexity index is 1040. The molecule has 1 aromatic carbocycles. The summed E-state index contributed by atoms with van der Waals surface area (Å²) in [5.74, 6) is -0.317. The van der Waals surface area contributed by atoms with E-state index in [9.17, 15) is 9.18 Å². The molecule has 26 heavy (non-hydrogen) atoms. The Morgan fingerprint density at radius 2 is 2.15 bits per heavy atom. The van der Waals surface area contributed by atoms with Crippen molar-refractivity contribution in [3.63, 3.8) is 0 Å². The highest BCUT2D eigenvalue weighted by molar-refractivity contribution is 7.20. The number of benzene rings is 1. The lowest BCUT2D eigenvalue weighted by atomic mass is 10.2. The second kappa shape index (κ2) is 7.39. The van der Waals surface area contributed by atoms with E-state index in [4.69, 9.17) is 0 Å². The van der Waals surface area contributed by atoms with Crippen LogP contribution in [0.2, 0.25) is 0 Å². The van der Waals surface area contributed by atoms with Crippen molar-refractivity contribution in [2.75, 3.05) is 6.54 Å². The number of nitrogens with one attached hydrogen (secondary N) is 1. The van der Waals surface area contributed by atoms with Gasteiger partial charge in [0.2, 0.25) is 5.91 Å². The van der Waals surface area contributed by atoms with Crippen LogP contribution in [0.5, 0.6) is 0 Å². The summed E-state index contributed by atoms with van der Waals surface area (Å²) in [4.78, 5) is 17.8. The lowest BCUT2D eigenvalue weighted by molar-refractivity contribution is -0.120. The lowest BCUT2D eigenvalue weighted by Crippen LogP contribution is -2.28. The largest absolute Gasteiger partial charge is 0.354 e. The average Bonchev–Trinajstić information content (AvgIpc) is 3.35. The third-order valence-corrected chi connectivity index (χ3v) is 5.97. The molecule has 4 rings (SSSR count). The summed E-state index contributed by atoms with van der Waals surface area (Å²) in [6.07, 6.45) is 2.17. The first-order valence-electron chi connectivity index (χ1n) is 8.18. The van der Waals surface area contributed by atoms with Gasteiger partial charge in [0.15, 0.2) is 0 Å². The molecule has 0 fully saturated rings. The van der Waals surface area contributed by atoms with E-state index in [0.717, 1.165) is 26.5 Å². The van der Waals surface area contributed by atoms with E-state index in [1.54, 1.807) is 28.7 Å². The molecule has 0 aliphatic heterocycles. The molecule has 3 aromatic heterocycles. The average molecular weight is 385 g/mol. The van der Waals surface area contributed by atoms with Gasteiger partial charge in [-0.2, -0.15) is 0 Å². The highest BCUT2D eigenvalue weighted by Gasteiger charge is 2.10. The number of amides is 1. The number of rotatable bonds is 6. The fourth-order valence-electron chi connectivity index (χ4n) is 2.80. The molecule has 4 aromatic rings. The summed E-state index contributed by atoms with van der Waals surface area (Å²) in [6.45, 7) is 1.08. The SMILES string of the molecule is O=C(Cc1csc(-c2cccs2)n1)NCCn1ccc2ccc(F)cc21. The molecular formula is C19H16FN3OS2. The van der Waals surface area contributed by atoms with Crippen LogP contribution in [-0.2, 0) is 17.8 Å². The molecular weight excluding hydrogens is 369 g/mol. The van der Waals surface area contributed by atoms with Gasteiger partial charge in [0.25, 0.3) is 0 Å². The Hall–Kier alpha value is -2.51. The lowest BCUT2D eigenvalue weighted by Gasteiger charge is -2.07. The monoisotopic (exact) mass is 385 g/mol. The minimum atomic E-state index is -0.258. The molecule has 132 valence electrons. The second-order valence-electron chi connectivity index (χ2n) is 5.86. The number of thiophene rings is 1. The Labute approximate surface area is 157 Å². The summed E-state index contributed by atoms with van der Waals surface area (Å²) in [5.41, 5.74) is 1.61. The molecule has 1 amide bonds. The topological polar surface area (TPSA) is 46.9 Å². The number of halogens is 1. The van der Waals surface area contributed by atoms with E-state index in [2.05, 4.69) is 10.3 Å². The van der Waals surface area contributed by atoms with E-state index < -0.39 is 0 Å². The van der Waals surface area contributed by atoms with Gasteiger partial charge in [-0.1, -0.05) is 6.07 Å². The first-order chi connectivity index (χ1) is 12.7. The van der Waals surface area contributed by atoms with Crippen molar-refractivity contribution >= 4 is 39.5 Å². The fourth-order valence-corrected chi connectivity index (χ4v) is 4.43. The normalized spacial score (nSPS) is 11.1. The molecule has 0 radical (unpaired) electrons. The van der Waals surface area contributed by atoms with Crippen LogP contribution < -0.4 is 5.32 Å². The van der Waals surface area contributed by atoms with Crippen molar-refractivity contribution in [3.05, 3.63) is 64.9 Å². The van der Waals surface area contributed by atoms with Crippen molar-refractivity contribution in [3.8, 4) is 9.88 Å². The van der Waals surface area contributed by atoms with Gasteiger partial charge in [-0.05, 0) is 41.1 Å². The van der Waals surface area contributed by atoms with Crippen molar-refractivity contribution < 1.29 is 9.18 Å². The van der Waals surface area contributed by atoms with Crippen LogP contribution in [0.1, 0.15) is 5.69 Å². The molecule has 0 atom stereocenters. The highest BCUT2D eigenvalue weighted by Crippen LogP contribution is 2.27. The molecule has 4 nitrogen and oxygen atoms in total. The summed E-state index contributed by atoms with van der Waals surface area (Å²) >= 11 is 3.19. The van der Waals surface area contributed by atoms with Crippen molar-refractivity contribution in [1.29, 1.82) is 0 Å². The summed E-state index contributed by atoms with van der Waals surface area (Å²) in [6, 6.07) is 10.7. The molecule has 7 heteroatoms. The van der Waals surface area contributed by atoms with Gasteiger partial charge < -0.3 is 9.88 Å². The summed E-state index contributed by atoms with van der Waals surface area (Å²) < 4.78 is 15.3. The molecule has 0 bridgehead atoms. The number of carbonyl (C=O) groups excluding carboxylic acids is 1. The number of carbonyl (C=O) groups is 1. The van der Waals surface area contributed by atoms with Crippen LogP contribution in [0.15, 0.2) is 53.4 Å². The van der Waals surface area contributed by atoms with Gasteiger partial charge in [-0.25, -0.2) is 9.37 Å². The molecule has 0 spiro atoms. The Balaban J connectivity index is 1.32. The van der Waals surface area contributed by atoms with Crippen LogP contribution in [0.3, 0.4) is 0 Å². The van der Waals surface area contributed by atoms with Gasteiger partial charge >= 0.3 is 0 Å². The van der Waals surface area contributed by atoms with E-state index >= 15 is 0 Å². The number of aromatic nitrogens is 2. The Morgan fingerprint density at radius 3 is 3.00 bits per heavy atom. The van der Waals surface area contributed by atoms with E-state index in [1.807, 2.05) is 39.7 Å². The zero-order valence-corrected chi connectivity index (χ0v) is 15.4. The number of thiazole rings is 1. The smallest absolute Gasteiger partial charge is 0.226 e. The Morgan fingerprint density at radius 1 is 1.23 bits per heavy atom. The molecule has 0 aliphatic rings. The van der Waals surface area contributed by atoms with Gasteiger partial charge in [-0.15, -0.1) is 22.7 Å². The first-order valence-corrected chi connectivity index (χ1v) is 9.94. The highest BCUT2D eigenvalue weighted by atomic mass is 32.1. The van der Waals surface area contributed by atoms with Crippen LogP contribution >= 0.6 is 22.7 Å². The van der Waals surface area contributed by atoms with Crippen molar-refractivity contribution in [1.82, 2.24) is 14.9 Å². The third-order valence-electron chi connectivity index (χ3n) is 4.04. The first kappa shape index (κ1) is 16.9. The quantitative estimate of drug-likeness (QED) is 0.537. The van der Waals surface area contributed by atoms with Gasteiger partial charge in [0.05, 0.1) is 22.5 Å².